The number of methoxy groups -OCH3 is 1. The molecule has 0 saturated carbocycles. The summed E-state index contributed by atoms with van der Waals surface area (Å²) in [4.78, 5) is 0. The zero-order valence-corrected chi connectivity index (χ0v) is 13.6. The molecule has 20 heavy (non-hydrogen) atoms. The number of thiophene rings is 1. The average molecular weight is 291 g/mol. The topological polar surface area (TPSA) is 21.3 Å². The van der Waals surface area contributed by atoms with Gasteiger partial charge in [0.05, 0.1) is 6.61 Å². The molecule has 1 aromatic heterocycles. The third kappa shape index (κ3) is 4.30. The second-order valence-corrected chi connectivity index (χ2v) is 7.00. The van der Waals surface area contributed by atoms with Crippen molar-refractivity contribution in [1.29, 1.82) is 0 Å². The fourth-order valence-electron chi connectivity index (χ4n) is 2.39. The van der Waals surface area contributed by atoms with Gasteiger partial charge in [0.2, 0.25) is 0 Å². The predicted octanol–water partition coefficient (Wildman–Crippen LogP) is 4.10. The first-order valence-electron chi connectivity index (χ1n) is 7.27. The van der Waals surface area contributed by atoms with Crippen molar-refractivity contribution in [2.75, 3.05) is 26.8 Å². The summed E-state index contributed by atoms with van der Waals surface area (Å²) < 4.78 is 6.46. The Morgan fingerprint density at radius 2 is 2.05 bits per heavy atom. The number of nitrogens with one attached hydrogen (secondary N) is 1. The lowest BCUT2D eigenvalue weighted by Crippen LogP contribution is -2.31. The number of hydrogen-bond acceptors (Lipinski definition) is 3. The summed E-state index contributed by atoms with van der Waals surface area (Å²) in [5.41, 5.74) is 1.81. The summed E-state index contributed by atoms with van der Waals surface area (Å²) in [5, 5.41) is 7.22. The van der Waals surface area contributed by atoms with Crippen molar-refractivity contribution in [3.05, 3.63) is 35.2 Å². The summed E-state index contributed by atoms with van der Waals surface area (Å²) in [6.45, 7) is 7.42. The Balaban J connectivity index is 1.87. The molecule has 1 N–H and O–H groups in total. The van der Waals surface area contributed by atoms with E-state index < -0.39 is 0 Å². The molecule has 0 unspecified atom stereocenters. The van der Waals surface area contributed by atoms with Crippen LogP contribution in [-0.2, 0) is 11.2 Å². The van der Waals surface area contributed by atoms with Gasteiger partial charge in [0.1, 0.15) is 0 Å². The van der Waals surface area contributed by atoms with Crippen LogP contribution in [-0.4, -0.2) is 26.8 Å². The van der Waals surface area contributed by atoms with Gasteiger partial charge in [0.25, 0.3) is 0 Å². The molecule has 1 heterocycles. The van der Waals surface area contributed by atoms with Crippen molar-refractivity contribution < 1.29 is 4.74 Å². The van der Waals surface area contributed by atoms with Crippen molar-refractivity contribution >= 4 is 21.4 Å². The molecule has 110 valence electrons. The fraction of sp³-hybridized carbons (Fsp3) is 0.529. The van der Waals surface area contributed by atoms with Crippen molar-refractivity contribution in [2.45, 2.75) is 26.7 Å². The van der Waals surface area contributed by atoms with Crippen LogP contribution in [0.2, 0.25) is 0 Å². The van der Waals surface area contributed by atoms with Gasteiger partial charge in [-0.05, 0) is 40.7 Å². The van der Waals surface area contributed by atoms with E-state index in [-0.39, 0.29) is 0 Å². The molecule has 0 aliphatic carbocycles. The third-order valence-electron chi connectivity index (χ3n) is 3.72. The zero-order valence-electron chi connectivity index (χ0n) is 12.7. The van der Waals surface area contributed by atoms with E-state index in [1.807, 2.05) is 11.3 Å². The highest BCUT2D eigenvalue weighted by Gasteiger charge is 2.18. The number of rotatable bonds is 8. The van der Waals surface area contributed by atoms with Crippen LogP contribution in [0.25, 0.3) is 10.1 Å². The van der Waals surface area contributed by atoms with Gasteiger partial charge in [-0.3, -0.25) is 0 Å². The normalized spacial score (nSPS) is 12.2. The molecule has 0 aliphatic rings. The summed E-state index contributed by atoms with van der Waals surface area (Å²) in [6.07, 6.45) is 2.36. The molecular formula is C17H25NOS. The second kappa shape index (κ2) is 7.21. The smallest absolute Gasteiger partial charge is 0.0587 e. The van der Waals surface area contributed by atoms with E-state index in [0.717, 1.165) is 26.1 Å². The Kier molecular flexibility index (Phi) is 5.58. The van der Waals surface area contributed by atoms with Crippen LogP contribution in [0.1, 0.15) is 25.8 Å². The molecule has 0 bridgehead atoms. The van der Waals surface area contributed by atoms with E-state index in [4.69, 9.17) is 4.74 Å². The molecule has 0 spiro atoms. The average Bonchev–Trinajstić information content (AvgIpc) is 2.85. The molecule has 2 nitrogen and oxygen atoms in total. The minimum absolute atomic E-state index is 0.316. The first-order valence-corrected chi connectivity index (χ1v) is 8.15. The van der Waals surface area contributed by atoms with Crippen LogP contribution in [0.15, 0.2) is 29.6 Å². The Labute approximate surface area is 126 Å². The Bertz CT molecular complexity index is 533. The van der Waals surface area contributed by atoms with E-state index in [1.165, 1.54) is 22.1 Å². The Hall–Kier alpha value is -0.900. The zero-order chi connectivity index (χ0) is 14.4. The molecule has 3 heteroatoms. The van der Waals surface area contributed by atoms with Crippen molar-refractivity contribution in [1.82, 2.24) is 5.32 Å². The SMILES string of the molecule is COCCNCC(C)(C)CCc1csc2ccccc12. The van der Waals surface area contributed by atoms with Gasteiger partial charge in [-0.15, -0.1) is 11.3 Å². The maximum Gasteiger partial charge on any atom is 0.0587 e. The first kappa shape index (κ1) is 15.5. The van der Waals surface area contributed by atoms with Crippen LogP contribution >= 0.6 is 11.3 Å². The van der Waals surface area contributed by atoms with Gasteiger partial charge in [-0.1, -0.05) is 32.0 Å². The number of hydrogen-bond donors (Lipinski definition) is 1. The van der Waals surface area contributed by atoms with Gasteiger partial charge >= 0.3 is 0 Å². The number of aryl methyl sites for hydroxylation is 1. The largest absolute Gasteiger partial charge is 0.383 e. The first-order chi connectivity index (χ1) is 9.62. The standard InChI is InChI=1S/C17H25NOS/c1-17(2,13-18-10-11-19-3)9-8-14-12-20-16-7-5-4-6-15(14)16/h4-7,12,18H,8-11,13H2,1-3H3. The monoisotopic (exact) mass is 291 g/mol. The molecule has 0 saturated heterocycles. The summed E-state index contributed by atoms with van der Waals surface area (Å²) in [5.74, 6) is 0. The van der Waals surface area contributed by atoms with Gasteiger partial charge in [-0.2, -0.15) is 0 Å². The highest BCUT2D eigenvalue weighted by atomic mass is 32.1. The second-order valence-electron chi connectivity index (χ2n) is 6.09. The minimum atomic E-state index is 0.316. The fourth-order valence-corrected chi connectivity index (χ4v) is 3.39. The van der Waals surface area contributed by atoms with Gasteiger partial charge in [-0.25, -0.2) is 0 Å². The van der Waals surface area contributed by atoms with Crippen molar-refractivity contribution in [2.24, 2.45) is 5.41 Å². The van der Waals surface area contributed by atoms with Crippen molar-refractivity contribution in [3.63, 3.8) is 0 Å². The summed E-state index contributed by atoms with van der Waals surface area (Å²) in [6, 6.07) is 8.70. The van der Waals surface area contributed by atoms with Crippen LogP contribution in [0.3, 0.4) is 0 Å². The summed E-state index contributed by atoms with van der Waals surface area (Å²) >= 11 is 1.86. The van der Waals surface area contributed by atoms with E-state index >= 15 is 0 Å². The third-order valence-corrected chi connectivity index (χ3v) is 4.73. The number of benzene rings is 1. The van der Waals surface area contributed by atoms with Crippen LogP contribution in [0.4, 0.5) is 0 Å². The predicted molar refractivity (Wildman–Crippen MR) is 88.7 cm³/mol. The summed E-state index contributed by atoms with van der Waals surface area (Å²) in [7, 11) is 1.74. The minimum Gasteiger partial charge on any atom is -0.383 e. The Morgan fingerprint density at radius 1 is 1.25 bits per heavy atom. The quantitative estimate of drug-likeness (QED) is 0.739. The van der Waals surface area contributed by atoms with E-state index in [0.29, 0.717) is 5.41 Å². The maximum absolute atomic E-state index is 5.06. The molecule has 2 rings (SSSR count). The molecule has 0 fully saturated rings. The Morgan fingerprint density at radius 3 is 2.85 bits per heavy atom. The van der Waals surface area contributed by atoms with E-state index in [1.54, 1.807) is 7.11 Å². The van der Waals surface area contributed by atoms with E-state index in [2.05, 4.69) is 48.8 Å². The maximum atomic E-state index is 5.06. The highest BCUT2D eigenvalue weighted by molar-refractivity contribution is 7.17. The molecular weight excluding hydrogens is 266 g/mol. The lowest BCUT2D eigenvalue weighted by molar-refractivity contribution is 0.193. The number of fused-ring (bicyclic) bond motifs is 1. The van der Waals surface area contributed by atoms with Crippen LogP contribution in [0.5, 0.6) is 0 Å². The van der Waals surface area contributed by atoms with Crippen LogP contribution < -0.4 is 5.32 Å². The van der Waals surface area contributed by atoms with E-state index in [9.17, 15) is 0 Å². The molecule has 1 aromatic carbocycles. The van der Waals surface area contributed by atoms with Gasteiger partial charge in [0, 0.05) is 24.9 Å². The number of ether oxygens (including phenoxy) is 1. The molecule has 2 aromatic rings. The van der Waals surface area contributed by atoms with Crippen molar-refractivity contribution in [3.8, 4) is 0 Å². The lowest BCUT2D eigenvalue weighted by Gasteiger charge is -2.25. The molecule has 0 radical (unpaired) electrons. The van der Waals surface area contributed by atoms with Gasteiger partial charge in [0.15, 0.2) is 0 Å². The van der Waals surface area contributed by atoms with Gasteiger partial charge < -0.3 is 10.1 Å². The van der Waals surface area contributed by atoms with Crippen LogP contribution in [0, 0.1) is 5.41 Å². The molecule has 0 amide bonds. The molecule has 0 atom stereocenters. The highest BCUT2D eigenvalue weighted by Crippen LogP contribution is 2.29. The molecule has 0 aliphatic heterocycles. The lowest BCUT2D eigenvalue weighted by atomic mass is 9.86.